The van der Waals surface area contributed by atoms with Gasteiger partial charge in [0.15, 0.2) is 0 Å². The van der Waals surface area contributed by atoms with E-state index in [1.807, 2.05) is 13.8 Å². The van der Waals surface area contributed by atoms with Gasteiger partial charge in [0, 0.05) is 11.9 Å². The molecule has 0 saturated carbocycles. The van der Waals surface area contributed by atoms with Gasteiger partial charge < -0.3 is 5.11 Å². The molecule has 0 aliphatic carbocycles. The summed E-state index contributed by atoms with van der Waals surface area (Å²) >= 11 is 0. The van der Waals surface area contributed by atoms with Crippen LogP contribution in [0.1, 0.15) is 26.0 Å². The fourth-order valence-corrected chi connectivity index (χ4v) is 2.69. The number of sulfonamides is 1. The first-order chi connectivity index (χ1) is 8.72. The van der Waals surface area contributed by atoms with Crippen molar-refractivity contribution in [3.8, 4) is 0 Å². The minimum absolute atomic E-state index is 0.0342. The van der Waals surface area contributed by atoms with Crippen LogP contribution in [0.3, 0.4) is 0 Å². The molecule has 7 heteroatoms. The van der Waals surface area contributed by atoms with Crippen molar-refractivity contribution in [3.63, 3.8) is 0 Å². The minimum atomic E-state index is -3.86. The maximum Gasteiger partial charge on any atom is 0.321 e. The molecule has 0 aromatic carbocycles. The van der Waals surface area contributed by atoms with Crippen molar-refractivity contribution in [2.45, 2.75) is 38.1 Å². The van der Waals surface area contributed by atoms with E-state index in [-0.39, 0.29) is 17.2 Å². The molecule has 0 aliphatic rings. The van der Waals surface area contributed by atoms with Crippen molar-refractivity contribution >= 4 is 16.0 Å². The molecule has 0 fully saturated rings. The number of nitrogens with zero attached hydrogens (tertiary/aromatic N) is 1. The van der Waals surface area contributed by atoms with Crippen LogP contribution in [-0.2, 0) is 14.8 Å². The van der Waals surface area contributed by atoms with E-state index in [0.29, 0.717) is 5.69 Å². The fraction of sp³-hybridized carbons (Fsp3) is 0.500. The number of aromatic nitrogens is 1. The third kappa shape index (κ3) is 4.60. The molecule has 106 valence electrons. The lowest BCUT2D eigenvalue weighted by atomic mass is 10.1. The van der Waals surface area contributed by atoms with Gasteiger partial charge in [-0.15, -0.1) is 0 Å². The standard InChI is InChI=1S/C12H18N2O4S/c1-8(2)6-11(12(15)16)14-19(17,18)10-5-4-9(3)13-7-10/h4-5,7-8,11,14H,6H2,1-3H3,(H,15,16)/t11-/m1/s1. The Hall–Kier alpha value is -1.47. The fourth-order valence-electron chi connectivity index (χ4n) is 1.54. The molecule has 2 N–H and O–H groups in total. The van der Waals surface area contributed by atoms with Crippen LogP contribution in [0.2, 0.25) is 0 Å². The summed E-state index contributed by atoms with van der Waals surface area (Å²) in [5.41, 5.74) is 0.691. The highest BCUT2D eigenvalue weighted by molar-refractivity contribution is 7.89. The normalized spacial score (nSPS) is 13.5. The predicted molar refractivity (Wildman–Crippen MR) is 70.2 cm³/mol. The summed E-state index contributed by atoms with van der Waals surface area (Å²) in [6.07, 6.45) is 1.44. The van der Waals surface area contributed by atoms with Crippen molar-refractivity contribution in [1.29, 1.82) is 0 Å². The molecule has 0 aliphatic heterocycles. The molecular formula is C12H18N2O4S. The predicted octanol–water partition coefficient (Wildman–Crippen LogP) is 1.17. The first kappa shape index (κ1) is 15.6. The zero-order chi connectivity index (χ0) is 14.6. The molecule has 1 heterocycles. The van der Waals surface area contributed by atoms with E-state index < -0.39 is 22.0 Å². The number of aryl methyl sites for hydroxylation is 1. The van der Waals surface area contributed by atoms with E-state index >= 15 is 0 Å². The SMILES string of the molecule is Cc1ccc(S(=O)(=O)N[C@H](CC(C)C)C(=O)O)cn1. The Kier molecular flexibility index (Phi) is 5.02. The Morgan fingerprint density at radius 1 is 1.42 bits per heavy atom. The van der Waals surface area contributed by atoms with Gasteiger partial charge in [0.1, 0.15) is 10.9 Å². The first-order valence-corrected chi connectivity index (χ1v) is 7.38. The second kappa shape index (κ2) is 6.12. The molecule has 0 bridgehead atoms. The molecule has 0 radical (unpaired) electrons. The quantitative estimate of drug-likeness (QED) is 0.818. The highest BCUT2D eigenvalue weighted by Gasteiger charge is 2.26. The van der Waals surface area contributed by atoms with Crippen LogP contribution in [0.15, 0.2) is 23.2 Å². The van der Waals surface area contributed by atoms with Gasteiger partial charge in [-0.2, -0.15) is 4.72 Å². The van der Waals surface area contributed by atoms with Gasteiger partial charge in [-0.25, -0.2) is 8.42 Å². The number of carboxylic acids is 1. The second-order valence-corrected chi connectivity index (χ2v) is 6.49. The third-order valence-corrected chi connectivity index (χ3v) is 3.95. The second-order valence-electron chi connectivity index (χ2n) is 4.78. The van der Waals surface area contributed by atoms with E-state index in [1.165, 1.54) is 12.3 Å². The Labute approximate surface area is 112 Å². The van der Waals surface area contributed by atoms with Gasteiger partial charge in [-0.1, -0.05) is 13.8 Å². The summed E-state index contributed by atoms with van der Waals surface area (Å²) < 4.78 is 26.2. The number of hydrogen-bond acceptors (Lipinski definition) is 4. The monoisotopic (exact) mass is 286 g/mol. The molecule has 0 amide bonds. The summed E-state index contributed by atoms with van der Waals surface area (Å²) in [4.78, 5) is 14.9. The first-order valence-electron chi connectivity index (χ1n) is 5.90. The van der Waals surface area contributed by atoms with Crippen molar-refractivity contribution in [3.05, 3.63) is 24.0 Å². The Morgan fingerprint density at radius 2 is 2.05 bits per heavy atom. The Bertz CT molecular complexity index is 537. The zero-order valence-electron chi connectivity index (χ0n) is 11.1. The summed E-state index contributed by atoms with van der Waals surface area (Å²) in [5, 5.41) is 9.03. The van der Waals surface area contributed by atoms with Crippen LogP contribution in [-0.4, -0.2) is 30.5 Å². The number of nitrogens with one attached hydrogen (secondary N) is 1. The van der Waals surface area contributed by atoms with E-state index in [2.05, 4.69) is 9.71 Å². The number of hydrogen-bond donors (Lipinski definition) is 2. The maximum atomic E-state index is 12.0. The van der Waals surface area contributed by atoms with E-state index in [1.54, 1.807) is 13.0 Å². The zero-order valence-corrected chi connectivity index (χ0v) is 11.9. The van der Waals surface area contributed by atoms with Crippen molar-refractivity contribution in [2.24, 2.45) is 5.92 Å². The van der Waals surface area contributed by atoms with Crippen LogP contribution in [0.4, 0.5) is 0 Å². The molecule has 0 spiro atoms. The molecule has 0 saturated heterocycles. The van der Waals surface area contributed by atoms with Gasteiger partial charge >= 0.3 is 5.97 Å². The van der Waals surface area contributed by atoms with E-state index in [0.717, 1.165) is 0 Å². The molecule has 6 nitrogen and oxygen atoms in total. The lowest BCUT2D eigenvalue weighted by Crippen LogP contribution is -2.41. The lowest BCUT2D eigenvalue weighted by Gasteiger charge is -2.16. The lowest BCUT2D eigenvalue weighted by molar-refractivity contribution is -0.139. The average molecular weight is 286 g/mol. The van der Waals surface area contributed by atoms with Crippen LogP contribution >= 0.6 is 0 Å². The molecule has 1 aromatic heterocycles. The number of carboxylic acid groups (broad SMARTS) is 1. The average Bonchev–Trinajstić information content (AvgIpc) is 2.27. The third-order valence-electron chi connectivity index (χ3n) is 2.50. The van der Waals surface area contributed by atoms with Crippen LogP contribution in [0, 0.1) is 12.8 Å². The highest BCUT2D eigenvalue weighted by atomic mass is 32.2. The molecular weight excluding hydrogens is 268 g/mol. The topological polar surface area (TPSA) is 96.4 Å². The molecule has 1 aromatic rings. The largest absolute Gasteiger partial charge is 0.480 e. The van der Waals surface area contributed by atoms with Crippen molar-refractivity contribution in [2.75, 3.05) is 0 Å². The summed E-state index contributed by atoms with van der Waals surface area (Å²) in [6, 6.07) is 1.83. The summed E-state index contributed by atoms with van der Waals surface area (Å²) in [6.45, 7) is 5.40. The van der Waals surface area contributed by atoms with Crippen molar-refractivity contribution in [1.82, 2.24) is 9.71 Å². The Balaban J connectivity index is 2.94. The van der Waals surface area contributed by atoms with Crippen LogP contribution < -0.4 is 4.72 Å². The van der Waals surface area contributed by atoms with Gasteiger partial charge in [-0.05, 0) is 31.4 Å². The molecule has 1 atom stereocenters. The van der Waals surface area contributed by atoms with Gasteiger partial charge in [0.2, 0.25) is 10.0 Å². The number of pyridine rings is 1. The molecule has 19 heavy (non-hydrogen) atoms. The van der Waals surface area contributed by atoms with Gasteiger partial charge in [0.05, 0.1) is 0 Å². The maximum absolute atomic E-state index is 12.0. The number of aliphatic carboxylic acids is 1. The molecule has 1 rings (SSSR count). The number of carbonyl (C=O) groups is 1. The van der Waals surface area contributed by atoms with Crippen LogP contribution in [0.5, 0.6) is 0 Å². The highest BCUT2D eigenvalue weighted by Crippen LogP contribution is 2.11. The minimum Gasteiger partial charge on any atom is -0.480 e. The van der Waals surface area contributed by atoms with Crippen molar-refractivity contribution < 1.29 is 18.3 Å². The Morgan fingerprint density at radius 3 is 2.47 bits per heavy atom. The summed E-state index contributed by atoms with van der Waals surface area (Å²) in [5.74, 6) is -1.11. The van der Waals surface area contributed by atoms with Gasteiger partial charge in [0.25, 0.3) is 0 Å². The number of rotatable bonds is 6. The smallest absolute Gasteiger partial charge is 0.321 e. The molecule has 0 unspecified atom stereocenters. The van der Waals surface area contributed by atoms with Gasteiger partial charge in [-0.3, -0.25) is 9.78 Å². The van der Waals surface area contributed by atoms with Crippen LogP contribution in [0.25, 0.3) is 0 Å². The summed E-state index contributed by atoms with van der Waals surface area (Å²) in [7, 11) is -3.86. The van der Waals surface area contributed by atoms with E-state index in [9.17, 15) is 13.2 Å². The van der Waals surface area contributed by atoms with E-state index in [4.69, 9.17) is 5.11 Å².